The summed E-state index contributed by atoms with van der Waals surface area (Å²) in [6, 6.07) is 0. The van der Waals surface area contributed by atoms with Crippen LogP contribution in [0.2, 0.25) is 5.28 Å². The normalized spacial score (nSPS) is 24.2. The summed E-state index contributed by atoms with van der Waals surface area (Å²) >= 11 is 5.82. The number of aliphatic hydroxyl groups excluding tert-OH is 1. The minimum Gasteiger partial charge on any atom is -0.390 e. The van der Waals surface area contributed by atoms with Crippen molar-refractivity contribution in [2.24, 2.45) is 0 Å². The molecule has 0 spiro atoms. The van der Waals surface area contributed by atoms with Gasteiger partial charge in [0.1, 0.15) is 17.8 Å². The molecule has 3 heterocycles. The van der Waals surface area contributed by atoms with Gasteiger partial charge in [0.15, 0.2) is 21.3 Å². The highest BCUT2D eigenvalue weighted by molar-refractivity contribution is 7.98. The molecule has 4 atom stereocenters. The van der Waals surface area contributed by atoms with Crippen LogP contribution in [-0.2, 0) is 23.9 Å². The average molecular weight is 472 g/mol. The Kier molecular flexibility index (Phi) is 6.18. The Balaban J connectivity index is 1.77. The van der Waals surface area contributed by atoms with Crippen LogP contribution in [0.25, 0.3) is 11.2 Å². The van der Waals surface area contributed by atoms with Crippen molar-refractivity contribution in [1.29, 1.82) is 0 Å². The van der Waals surface area contributed by atoms with E-state index in [1.807, 2.05) is 0 Å². The number of fused-ring (bicyclic) bond motifs is 1. The van der Waals surface area contributed by atoms with Crippen LogP contribution in [-0.4, -0.2) is 72.6 Å². The number of sulfone groups is 1. The van der Waals surface area contributed by atoms with Crippen LogP contribution in [0.4, 0.5) is 5.82 Å². The van der Waals surface area contributed by atoms with E-state index in [2.05, 4.69) is 15.0 Å². The van der Waals surface area contributed by atoms with Gasteiger partial charge in [-0.1, -0.05) is 6.92 Å². The third-order valence-corrected chi connectivity index (χ3v) is 8.53. The van der Waals surface area contributed by atoms with Crippen LogP contribution in [0.15, 0.2) is 6.33 Å². The highest BCUT2D eigenvalue weighted by Gasteiger charge is 2.43. The van der Waals surface area contributed by atoms with Crippen LogP contribution in [0.1, 0.15) is 19.6 Å². The fourth-order valence-corrected chi connectivity index (χ4v) is 6.03. The number of halogens is 1. The number of aromatic nitrogens is 4. The number of hydrogen-bond acceptors (Lipinski definition) is 10. The molecule has 0 amide bonds. The van der Waals surface area contributed by atoms with E-state index in [1.165, 1.54) is 17.8 Å². The number of nitrogens with two attached hydrogens (primary N) is 1. The zero-order chi connectivity index (χ0) is 21.6. The molecule has 162 valence electrons. The van der Waals surface area contributed by atoms with Crippen molar-refractivity contribution in [3.05, 3.63) is 11.6 Å². The van der Waals surface area contributed by atoms with E-state index in [0.717, 1.165) is 0 Å². The lowest BCUT2D eigenvalue weighted by atomic mass is 10.2. The first kappa shape index (κ1) is 22.3. The van der Waals surface area contributed by atoms with E-state index >= 15 is 0 Å². The Morgan fingerprint density at radius 2 is 2.17 bits per heavy atom. The molecule has 0 radical (unpaired) electrons. The first-order valence-electron chi connectivity index (χ1n) is 8.31. The van der Waals surface area contributed by atoms with Gasteiger partial charge in [0.05, 0.1) is 24.8 Å². The lowest BCUT2D eigenvalue weighted by Crippen LogP contribution is -2.33. The van der Waals surface area contributed by atoms with Crippen molar-refractivity contribution in [3.63, 3.8) is 0 Å². The highest BCUT2D eigenvalue weighted by atomic mass is 35.5. The van der Waals surface area contributed by atoms with Gasteiger partial charge in [-0.25, -0.2) is 13.4 Å². The van der Waals surface area contributed by atoms with Crippen molar-refractivity contribution < 1.29 is 37.3 Å². The molecule has 5 N–H and O–H groups in total. The molecule has 1 saturated heterocycles. The van der Waals surface area contributed by atoms with E-state index in [1.54, 1.807) is 0 Å². The zero-order valence-corrected chi connectivity index (χ0v) is 17.5. The van der Waals surface area contributed by atoms with Crippen LogP contribution < -0.4 is 5.73 Å². The summed E-state index contributed by atoms with van der Waals surface area (Å²) in [5.41, 5.74) is 6.29. The van der Waals surface area contributed by atoms with Crippen molar-refractivity contribution in [2.45, 2.75) is 37.0 Å². The number of ether oxygens (including phenoxy) is 2. The summed E-state index contributed by atoms with van der Waals surface area (Å²) in [6.07, 6.45) is -1.50. The van der Waals surface area contributed by atoms with Gasteiger partial charge >= 0.3 is 7.60 Å². The summed E-state index contributed by atoms with van der Waals surface area (Å²) in [5, 5.41) is 7.80. The largest absolute Gasteiger partial charge is 0.390 e. The van der Waals surface area contributed by atoms with E-state index in [-0.39, 0.29) is 28.7 Å². The Bertz CT molecular complexity index is 1060. The van der Waals surface area contributed by atoms with E-state index in [9.17, 15) is 27.9 Å². The van der Waals surface area contributed by atoms with Crippen molar-refractivity contribution in [3.8, 4) is 0 Å². The quantitative estimate of drug-likeness (QED) is 0.302. The molecular weight excluding hydrogens is 453 g/mol. The molecule has 0 saturated carbocycles. The maximum absolute atomic E-state index is 11.9. The number of nitrogen functional groups attached to an aromatic ring is 1. The van der Waals surface area contributed by atoms with Gasteiger partial charge in [-0.3, -0.25) is 9.13 Å². The molecule has 2 aromatic heterocycles. The SMILES string of the molecule is CCS(=O)(=O)C(OCC1OC(n2cnc3c(N)nc(Cl)nc32)CC1O)P(=O)(O)O. The van der Waals surface area contributed by atoms with E-state index < -0.39 is 53.4 Å². The minimum atomic E-state index is -5.11. The van der Waals surface area contributed by atoms with Crippen LogP contribution in [0, 0.1) is 0 Å². The van der Waals surface area contributed by atoms with Crippen molar-refractivity contribution >= 4 is 46.0 Å². The number of nitrogens with zero attached hydrogens (tertiary/aromatic N) is 4. The maximum atomic E-state index is 11.9. The molecule has 4 unspecified atom stereocenters. The average Bonchev–Trinajstić information content (AvgIpc) is 3.17. The second-order valence-electron chi connectivity index (χ2n) is 6.32. The molecule has 2 aromatic rings. The van der Waals surface area contributed by atoms with Gasteiger partial charge in [0, 0.05) is 6.42 Å². The topological polar surface area (TPSA) is 200 Å². The number of imidazole rings is 1. The van der Waals surface area contributed by atoms with E-state index in [4.69, 9.17) is 26.8 Å². The van der Waals surface area contributed by atoms with E-state index in [0.29, 0.717) is 0 Å². The monoisotopic (exact) mass is 471 g/mol. The smallest absolute Gasteiger partial charge is 0.369 e. The number of aliphatic hydroxyl groups is 1. The Hall–Kier alpha value is -1.38. The molecule has 1 aliphatic heterocycles. The number of rotatable bonds is 7. The molecular formula is C13H19ClN5O8PS. The Morgan fingerprint density at radius 3 is 2.79 bits per heavy atom. The molecule has 13 nitrogen and oxygen atoms in total. The fourth-order valence-electron chi connectivity index (χ4n) is 2.89. The van der Waals surface area contributed by atoms with Gasteiger partial charge in [0.25, 0.3) is 5.18 Å². The Morgan fingerprint density at radius 1 is 1.48 bits per heavy atom. The molecule has 1 fully saturated rings. The Labute approximate surface area is 169 Å². The number of hydrogen-bond donors (Lipinski definition) is 4. The molecule has 29 heavy (non-hydrogen) atoms. The minimum absolute atomic E-state index is 0.0577. The predicted octanol–water partition coefficient (Wildman–Crippen LogP) is -0.377. The lowest BCUT2D eigenvalue weighted by molar-refractivity contribution is -0.0606. The fraction of sp³-hybridized carbons (Fsp3) is 0.615. The maximum Gasteiger partial charge on any atom is 0.369 e. The van der Waals surface area contributed by atoms with Gasteiger partial charge in [0.2, 0.25) is 5.28 Å². The molecule has 3 rings (SSSR count). The molecule has 16 heteroatoms. The van der Waals surface area contributed by atoms with Gasteiger partial charge in [-0.05, 0) is 11.6 Å². The van der Waals surface area contributed by atoms with Crippen LogP contribution in [0.5, 0.6) is 0 Å². The number of anilines is 1. The predicted molar refractivity (Wildman–Crippen MR) is 101 cm³/mol. The second kappa shape index (κ2) is 8.04. The summed E-state index contributed by atoms with van der Waals surface area (Å²) in [6.45, 7) is 0.679. The van der Waals surface area contributed by atoms with Crippen molar-refractivity contribution in [2.75, 3.05) is 18.1 Å². The van der Waals surface area contributed by atoms with Gasteiger partial charge in [-0.15, -0.1) is 0 Å². The van der Waals surface area contributed by atoms with Gasteiger partial charge in [-0.2, -0.15) is 9.97 Å². The zero-order valence-electron chi connectivity index (χ0n) is 15.0. The third-order valence-electron chi connectivity index (χ3n) is 4.32. The highest BCUT2D eigenvalue weighted by Crippen LogP contribution is 2.45. The lowest BCUT2D eigenvalue weighted by Gasteiger charge is -2.22. The molecule has 1 aliphatic rings. The summed E-state index contributed by atoms with van der Waals surface area (Å²) in [5.74, 6) is -0.464. The molecule has 0 bridgehead atoms. The third kappa shape index (κ3) is 4.54. The van der Waals surface area contributed by atoms with Crippen molar-refractivity contribution in [1.82, 2.24) is 19.5 Å². The summed E-state index contributed by atoms with van der Waals surface area (Å²) < 4.78 is 47.5. The molecule has 0 aliphatic carbocycles. The second-order valence-corrected chi connectivity index (χ2v) is 11.0. The molecule has 0 aromatic carbocycles. The summed E-state index contributed by atoms with van der Waals surface area (Å²) in [7, 11) is -9.31. The van der Waals surface area contributed by atoms with Gasteiger partial charge < -0.3 is 30.1 Å². The first-order chi connectivity index (χ1) is 13.4. The first-order valence-corrected chi connectivity index (χ1v) is 12.1. The standard InChI is InChI=1S/C13H19ClN5O8PS/c1-2-29(24,25)13(28(21,22)23)26-4-7-6(20)3-8(27-7)19-5-16-9-10(15)17-12(14)18-11(9)19/h5-8,13,20H,2-4H2,1H3,(H2,15,17,18)(H2,21,22,23). The van der Waals surface area contributed by atoms with Crippen LogP contribution >= 0.6 is 19.2 Å². The van der Waals surface area contributed by atoms with Crippen LogP contribution in [0.3, 0.4) is 0 Å². The summed E-state index contributed by atoms with van der Waals surface area (Å²) in [4.78, 5) is 30.5.